The van der Waals surface area contributed by atoms with Gasteiger partial charge in [0.2, 0.25) is 0 Å². The van der Waals surface area contributed by atoms with Crippen molar-refractivity contribution in [3.63, 3.8) is 0 Å². The Labute approximate surface area is 146 Å². The predicted molar refractivity (Wildman–Crippen MR) is 91.6 cm³/mol. The van der Waals surface area contributed by atoms with E-state index in [-0.39, 0.29) is 17.0 Å². The first kappa shape index (κ1) is 16.2. The van der Waals surface area contributed by atoms with Gasteiger partial charge in [0.15, 0.2) is 0 Å². The molecule has 1 heterocycles. The quantitative estimate of drug-likeness (QED) is 0.791. The summed E-state index contributed by atoms with van der Waals surface area (Å²) >= 11 is 0. The van der Waals surface area contributed by atoms with Crippen LogP contribution >= 0.6 is 0 Å². The highest BCUT2D eigenvalue weighted by Gasteiger charge is 2.53. The van der Waals surface area contributed by atoms with Crippen molar-refractivity contribution >= 4 is 0 Å². The Bertz CT molecular complexity index is 820. The molecule has 4 rings (SSSR count). The number of nitrogens with zero attached hydrogens (tertiary/aromatic N) is 2. The zero-order valence-electron chi connectivity index (χ0n) is 14.0. The van der Waals surface area contributed by atoms with E-state index in [4.69, 9.17) is 5.26 Å². The van der Waals surface area contributed by atoms with Crippen molar-refractivity contribution in [2.24, 2.45) is 5.41 Å². The Hall–Kier alpha value is -2.25. The number of benzene rings is 2. The summed E-state index contributed by atoms with van der Waals surface area (Å²) in [7, 11) is 0. The number of rotatable bonds is 3. The summed E-state index contributed by atoms with van der Waals surface area (Å²) in [6.45, 7) is 1.34. The number of likely N-dealkylation sites (tertiary alicyclic amines) is 1. The molecule has 2 aliphatic rings. The van der Waals surface area contributed by atoms with Crippen LogP contribution in [0.1, 0.15) is 48.4 Å². The lowest BCUT2D eigenvalue weighted by Crippen LogP contribution is -2.56. The molecule has 1 aliphatic heterocycles. The Morgan fingerprint density at radius 2 is 1.80 bits per heavy atom. The Morgan fingerprint density at radius 1 is 1.08 bits per heavy atom. The van der Waals surface area contributed by atoms with E-state index in [0.717, 1.165) is 12.6 Å². The van der Waals surface area contributed by atoms with Gasteiger partial charge in [0.25, 0.3) is 0 Å². The molecule has 128 valence electrons. The fourth-order valence-corrected chi connectivity index (χ4v) is 4.73. The van der Waals surface area contributed by atoms with E-state index >= 15 is 0 Å². The van der Waals surface area contributed by atoms with Crippen molar-refractivity contribution in [1.82, 2.24) is 4.90 Å². The average molecular weight is 338 g/mol. The molecule has 0 amide bonds. The topological polar surface area (TPSA) is 27.0 Å². The molecular formula is C21H20F2N2. The van der Waals surface area contributed by atoms with E-state index in [1.165, 1.54) is 37.3 Å². The number of halogens is 2. The molecule has 2 aromatic carbocycles. The van der Waals surface area contributed by atoms with Crippen molar-refractivity contribution in [3.8, 4) is 6.07 Å². The van der Waals surface area contributed by atoms with Crippen LogP contribution in [0.15, 0.2) is 42.5 Å². The largest absolute Gasteiger partial charge is 0.291 e. The minimum absolute atomic E-state index is 0.0937. The molecule has 2 nitrogen and oxygen atoms in total. The number of nitriles is 1. The molecule has 1 saturated heterocycles. The van der Waals surface area contributed by atoms with Crippen molar-refractivity contribution < 1.29 is 8.78 Å². The lowest BCUT2D eigenvalue weighted by molar-refractivity contribution is -0.0804. The second-order valence-corrected chi connectivity index (χ2v) is 7.32. The molecular weight excluding hydrogens is 318 g/mol. The van der Waals surface area contributed by atoms with Gasteiger partial charge in [0.05, 0.1) is 5.56 Å². The molecule has 0 N–H and O–H groups in total. The Kier molecular flexibility index (Phi) is 4.05. The lowest BCUT2D eigenvalue weighted by atomic mass is 9.67. The minimum Gasteiger partial charge on any atom is -0.291 e. The van der Waals surface area contributed by atoms with Gasteiger partial charge in [0, 0.05) is 36.2 Å². The van der Waals surface area contributed by atoms with Crippen LogP contribution < -0.4 is 0 Å². The highest BCUT2D eigenvalue weighted by Crippen LogP contribution is 2.58. The molecule has 25 heavy (non-hydrogen) atoms. The first-order chi connectivity index (χ1) is 12.1. The zero-order valence-corrected chi connectivity index (χ0v) is 14.0. The van der Waals surface area contributed by atoms with Crippen molar-refractivity contribution in [2.45, 2.75) is 38.3 Å². The lowest BCUT2D eigenvalue weighted by Gasteiger charge is -2.57. The van der Waals surface area contributed by atoms with E-state index in [0.29, 0.717) is 12.1 Å². The molecule has 2 aromatic rings. The van der Waals surface area contributed by atoms with Gasteiger partial charge in [-0.25, -0.2) is 8.78 Å². The summed E-state index contributed by atoms with van der Waals surface area (Å²) in [5.41, 5.74) is 1.85. The minimum atomic E-state index is -0.792. The third-order valence-corrected chi connectivity index (χ3v) is 5.81. The first-order valence-corrected chi connectivity index (χ1v) is 8.80. The molecule has 1 unspecified atom stereocenters. The molecule has 1 saturated carbocycles. The standard InChI is InChI=1S/C21H20F2N2/c22-18-11-19(23)17(10-16(18)12-24)13-25-14-21(8-4-5-9-21)20(25)15-6-2-1-3-7-15/h1-3,6-7,10-11,20H,4-5,8-9,13-14H2. The SMILES string of the molecule is N#Cc1cc(CN2CC3(CCCC3)C2c2ccccc2)c(F)cc1F. The van der Waals surface area contributed by atoms with Gasteiger partial charge in [-0.05, 0) is 24.5 Å². The van der Waals surface area contributed by atoms with Gasteiger partial charge in [-0.1, -0.05) is 43.2 Å². The van der Waals surface area contributed by atoms with Crippen LogP contribution in [0.3, 0.4) is 0 Å². The third-order valence-electron chi connectivity index (χ3n) is 5.81. The number of hydrogen-bond acceptors (Lipinski definition) is 2. The predicted octanol–water partition coefficient (Wildman–Crippen LogP) is 4.95. The van der Waals surface area contributed by atoms with Gasteiger partial charge in [-0.3, -0.25) is 4.90 Å². The fraction of sp³-hybridized carbons (Fsp3) is 0.381. The summed E-state index contributed by atoms with van der Waals surface area (Å²) in [6.07, 6.45) is 4.91. The molecule has 2 fully saturated rings. The molecule has 4 heteroatoms. The van der Waals surface area contributed by atoms with Crippen molar-refractivity contribution in [1.29, 1.82) is 5.26 Å². The highest BCUT2D eigenvalue weighted by molar-refractivity contribution is 5.36. The Balaban J connectivity index is 1.64. The second-order valence-electron chi connectivity index (χ2n) is 7.32. The zero-order chi connectivity index (χ0) is 17.4. The summed E-state index contributed by atoms with van der Waals surface area (Å²) < 4.78 is 27.8. The Morgan fingerprint density at radius 3 is 2.48 bits per heavy atom. The van der Waals surface area contributed by atoms with E-state index in [1.807, 2.05) is 18.2 Å². The van der Waals surface area contributed by atoms with Crippen LogP contribution in [0.2, 0.25) is 0 Å². The van der Waals surface area contributed by atoms with Gasteiger partial charge in [0.1, 0.15) is 17.7 Å². The van der Waals surface area contributed by atoms with Crippen LogP contribution in [0.25, 0.3) is 0 Å². The fourth-order valence-electron chi connectivity index (χ4n) is 4.73. The van der Waals surface area contributed by atoms with Gasteiger partial charge in [-0.2, -0.15) is 5.26 Å². The molecule has 1 aliphatic carbocycles. The maximum absolute atomic E-state index is 14.2. The van der Waals surface area contributed by atoms with Crippen LogP contribution in [0.4, 0.5) is 8.78 Å². The normalized spacial score (nSPS) is 21.9. The van der Waals surface area contributed by atoms with E-state index in [9.17, 15) is 8.78 Å². The van der Waals surface area contributed by atoms with Gasteiger partial charge >= 0.3 is 0 Å². The number of hydrogen-bond donors (Lipinski definition) is 0. The summed E-state index contributed by atoms with van der Waals surface area (Å²) in [5.74, 6) is -1.37. The molecule has 0 radical (unpaired) electrons. The van der Waals surface area contributed by atoms with Crippen LogP contribution in [0.5, 0.6) is 0 Å². The van der Waals surface area contributed by atoms with Gasteiger partial charge < -0.3 is 0 Å². The van der Waals surface area contributed by atoms with Crippen LogP contribution in [0, 0.1) is 28.4 Å². The van der Waals surface area contributed by atoms with E-state index in [2.05, 4.69) is 17.0 Å². The first-order valence-electron chi connectivity index (χ1n) is 8.80. The highest BCUT2D eigenvalue weighted by atomic mass is 19.1. The molecule has 0 bridgehead atoms. The average Bonchev–Trinajstić information content (AvgIpc) is 3.08. The molecule has 1 spiro atoms. The molecule has 0 aromatic heterocycles. The van der Waals surface area contributed by atoms with Crippen LogP contribution in [-0.2, 0) is 6.54 Å². The smallest absolute Gasteiger partial charge is 0.143 e. The summed E-state index contributed by atoms with van der Waals surface area (Å²) in [5, 5.41) is 9.01. The maximum Gasteiger partial charge on any atom is 0.143 e. The van der Waals surface area contributed by atoms with E-state index < -0.39 is 11.6 Å². The maximum atomic E-state index is 14.2. The second kappa shape index (κ2) is 6.24. The summed E-state index contributed by atoms with van der Waals surface area (Å²) in [4.78, 5) is 2.26. The van der Waals surface area contributed by atoms with Gasteiger partial charge in [-0.15, -0.1) is 0 Å². The summed E-state index contributed by atoms with van der Waals surface area (Å²) in [6, 6.07) is 14.6. The van der Waals surface area contributed by atoms with Crippen molar-refractivity contribution in [2.75, 3.05) is 6.54 Å². The monoisotopic (exact) mass is 338 g/mol. The van der Waals surface area contributed by atoms with Crippen molar-refractivity contribution in [3.05, 3.63) is 70.8 Å². The third kappa shape index (κ3) is 2.73. The molecule has 1 atom stereocenters. The van der Waals surface area contributed by atoms with Crippen LogP contribution in [-0.4, -0.2) is 11.4 Å². The van der Waals surface area contributed by atoms with E-state index in [1.54, 1.807) is 6.07 Å².